The van der Waals surface area contributed by atoms with Gasteiger partial charge < -0.3 is 9.88 Å². The van der Waals surface area contributed by atoms with Gasteiger partial charge in [0.15, 0.2) is 0 Å². The Balaban J connectivity index is 3.00. The maximum Gasteiger partial charge on any atom is 0.112 e. The van der Waals surface area contributed by atoms with Crippen LogP contribution in [0.5, 0.6) is 0 Å². The van der Waals surface area contributed by atoms with E-state index in [1.807, 2.05) is 18.3 Å². The Bertz CT molecular complexity index is 364. The standard InChI is InChI=1S/C11H16N2S/c1-4-13(5-2)9(3)10-7-6-8-12-11(10)14/h6-8H,3-5H2,1-2H3,(H,12,14). The molecule has 0 aliphatic rings. The van der Waals surface area contributed by atoms with Gasteiger partial charge in [-0.2, -0.15) is 0 Å². The maximum atomic E-state index is 5.20. The summed E-state index contributed by atoms with van der Waals surface area (Å²) in [6.07, 6.45) is 1.83. The minimum atomic E-state index is 0.754. The van der Waals surface area contributed by atoms with Crippen LogP contribution in [0.1, 0.15) is 19.4 Å². The molecule has 0 amide bonds. The van der Waals surface area contributed by atoms with Gasteiger partial charge in [-0.3, -0.25) is 0 Å². The summed E-state index contributed by atoms with van der Waals surface area (Å²) in [5, 5.41) is 0. The number of nitrogens with zero attached hydrogens (tertiary/aromatic N) is 1. The highest BCUT2D eigenvalue weighted by Crippen LogP contribution is 2.16. The predicted octanol–water partition coefficient (Wildman–Crippen LogP) is 3.06. The first-order chi connectivity index (χ1) is 6.70. The fourth-order valence-electron chi connectivity index (χ4n) is 1.42. The van der Waals surface area contributed by atoms with Crippen LogP contribution in [0, 0.1) is 4.64 Å². The van der Waals surface area contributed by atoms with Gasteiger partial charge in [-0.25, -0.2) is 0 Å². The van der Waals surface area contributed by atoms with Gasteiger partial charge in [0.05, 0.1) is 0 Å². The highest BCUT2D eigenvalue weighted by Gasteiger charge is 2.06. The smallest absolute Gasteiger partial charge is 0.112 e. The molecule has 1 aromatic heterocycles. The van der Waals surface area contributed by atoms with E-state index < -0.39 is 0 Å². The first kappa shape index (κ1) is 11.0. The lowest BCUT2D eigenvalue weighted by atomic mass is 10.2. The number of nitrogens with one attached hydrogen (secondary N) is 1. The lowest BCUT2D eigenvalue weighted by Gasteiger charge is -2.23. The van der Waals surface area contributed by atoms with E-state index in [0.29, 0.717) is 0 Å². The van der Waals surface area contributed by atoms with Gasteiger partial charge in [-0.15, -0.1) is 0 Å². The Labute approximate surface area is 90.3 Å². The molecule has 0 radical (unpaired) electrons. The molecule has 0 saturated heterocycles. The lowest BCUT2D eigenvalue weighted by molar-refractivity contribution is 0.442. The van der Waals surface area contributed by atoms with E-state index in [9.17, 15) is 0 Å². The van der Waals surface area contributed by atoms with E-state index in [4.69, 9.17) is 12.2 Å². The van der Waals surface area contributed by atoms with Gasteiger partial charge in [0.25, 0.3) is 0 Å². The van der Waals surface area contributed by atoms with Crippen LogP contribution in [0.25, 0.3) is 5.70 Å². The quantitative estimate of drug-likeness (QED) is 0.767. The molecule has 0 spiro atoms. The summed E-state index contributed by atoms with van der Waals surface area (Å²) in [5.41, 5.74) is 2.02. The molecule has 1 aromatic rings. The second-order valence-corrected chi connectivity index (χ2v) is 3.44. The predicted molar refractivity (Wildman–Crippen MR) is 63.6 cm³/mol. The third kappa shape index (κ3) is 2.23. The van der Waals surface area contributed by atoms with E-state index in [1.165, 1.54) is 0 Å². The normalized spacial score (nSPS) is 9.86. The van der Waals surface area contributed by atoms with Crippen molar-refractivity contribution in [2.24, 2.45) is 0 Å². The Hall–Kier alpha value is -1.09. The van der Waals surface area contributed by atoms with Crippen molar-refractivity contribution in [3.05, 3.63) is 35.1 Å². The molecule has 0 aliphatic heterocycles. The first-order valence-electron chi connectivity index (χ1n) is 4.82. The van der Waals surface area contributed by atoms with Crippen LogP contribution in [0.15, 0.2) is 24.9 Å². The van der Waals surface area contributed by atoms with E-state index in [0.717, 1.165) is 29.0 Å². The molecule has 1 heterocycles. The molecule has 0 fully saturated rings. The number of pyridine rings is 1. The molecular weight excluding hydrogens is 192 g/mol. The van der Waals surface area contributed by atoms with Crippen molar-refractivity contribution in [1.29, 1.82) is 0 Å². The summed E-state index contributed by atoms with van der Waals surface area (Å²) in [6.45, 7) is 10.2. The molecule has 14 heavy (non-hydrogen) atoms. The summed E-state index contributed by atoms with van der Waals surface area (Å²) in [6, 6.07) is 3.94. The minimum absolute atomic E-state index is 0.754. The Morgan fingerprint density at radius 2 is 2.14 bits per heavy atom. The van der Waals surface area contributed by atoms with E-state index in [2.05, 4.69) is 30.3 Å². The summed E-state index contributed by atoms with van der Waals surface area (Å²) in [5.74, 6) is 0. The monoisotopic (exact) mass is 208 g/mol. The van der Waals surface area contributed by atoms with Crippen molar-refractivity contribution in [2.45, 2.75) is 13.8 Å². The van der Waals surface area contributed by atoms with Crippen LogP contribution < -0.4 is 0 Å². The molecule has 0 aromatic carbocycles. The molecule has 3 heteroatoms. The number of hydrogen-bond donors (Lipinski definition) is 1. The number of aromatic nitrogens is 1. The number of H-pyrrole nitrogens is 1. The van der Waals surface area contributed by atoms with E-state index >= 15 is 0 Å². The summed E-state index contributed by atoms with van der Waals surface area (Å²) < 4.78 is 0.754. The fraction of sp³-hybridized carbons (Fsp3) is 0.364. The first-order valence-corrected chi connectivity index (χ1v) is 5.23. The fourth-order valence-corrected chi connectivity index (χ4v) is 1.68. The Kier molecular flexibility index (Phi) is 3.89. The van der Waals surface area contributed by atoms with Crippen molar-refractivity contribution in [1.82, 2.24) is 9.88 Å². The maximum absolute atomic E-state index is 5.20. The minimum Gasteiger partial charge on any atom is -0.372 e. The van der Waals surface area contributed by atoms with Crippen LogP contribution in [-0.4, -0.2) is 23.0 Å². The summed E-state index contributed by atoms with van der Waals surface area (Å²) in [7, 11) is 0. The molecule has 1 N–H and O–H groups in total. The molecule has 0 atom stereocenters. The van der Waals surface area contributed by atoms with Gasteiger partial charge in [0.2, 0.25) is 0 Å². The van der Waals surface area contributed by atoms with Crippen molar-refractivity contribution in [3.63, 3.8) is 0 Å². The molecule has 0 saturated carbocycles. The van der Waals surface area contributed by atoms with Crippen LogP contribution in [0.2, 0.25) is 0 Å². The van der Waals surface area contributed by atoms with Crippen LogP contribution >= 0.6 is 12.2 Å². The summed E-state index contributed by atoms with van der Waals surface area (Å²) >= 11 is 5.20. The molecule has 0 bridgehead atoms. The van der Waals surface area contributed by atoms with Crippen molar-refractivity contribution >= 4 is 17.9 Å². The molecule has 2 nitrogen and oxygen atoms in total. The lowest BCUT2D eigenvalue weighted by Crippen LogP contribution is -2.20. The zero-order valence-corrected chi connectivity index (χ0v) is 9.53. The highest BCUT2D eigenvalue weighted by atomic mass is 32.1. The molecule has 76 valence electrons. The molecular formula is C11H16N2S. The number of hydrogen-bond acceptors (Lipinski definition) is 2. The van der Waals surface area contributed by atoms with Gasteiger partial charge >= 0.3 is 0 Å². The van der Waals surface area contributed by atoms with Gasteiger partial charge in [0.1, 0.15) is 4.64 Å². The van der Waals surface area contributed by atoms with Crippen molar-refractivity contribution in [3.8, 4) is 0 Å². The van der Waals surface area contributed by atoms with Crippen molar-refractivity contribution < 1.29 is 0 Å². The van der Waals surface area contributed by atoms with Crippen LogP contribution in [0.4, 0.5) is 0 Å². The number of aromatic amines is 1. The zero-order valence-electron chi connectivity index (χ0n) is 8.71. The van der Waals surface area contributed by atoms with Gasteiger partial charge in [-0.1, -0.05) is 18.8 Å². The average molecular weight is 208 g/mol. The summed E-state index contributed by atoms with van der Waals surface area (Å²) in [4.78, 5) is 5.20. The molecule has 1 rings (SSSR count). The van der Waals surface area contributed by atoms with E-state index in [-0.39, 0.29) is 0 Å². The van der Waals surface area contributed by atoms with E-state index in [1.54, 1.807) is 0 Å². The molecule has 0 aliphatic carbocycles. The highest BCUT2D eigenvalue weighted by molar-refractivity contribution is 7.71. The van der Waals surface area contributed by atoms with Crippen LogP contribution in [0.3, 0.4) is 0 Å². The largest absolute Gasteiger partial charge is 0.372 e. The third-order valence-electron chi connectivity index (χ3n) is 2.27. The van der Waals surface area contributed by atoms with Gasteiger partial charge in [-0.05, 0) is 26.0 Å². The van der Waals surface area contributed by atoms with Crippen LogP contribution in [-0.2, 0) is 0 Å². The Morgan fingerprint density at radius 1 is 1.50 bits per heavy atom. The molecule has 0 unspecified atom stereocenters. The second kappa shape index (κ2) is 4.96. The zero-order chi connectivity index (χ0) is 10.6. The topological polar surface area (TPSA) is 19.0 Å². The Morgan fingerprint density at radius 3 is 2.64 bits per heavy atom. The number of rotatable bonds is 4. The third-order valence-corrected chi connectivity index (χ3v) is 2.61. The second-order valence-electron chi connectivity index (χ2n) is 3.03. The van der Waals surface area contributed by atoms with Gasteiger partial charge in [0, 0.05) is 30.5 Å². The van der Waals surface area contributed by atoms with Crippen molar-refractivity contribution in [2.75, 3.05) is 13.1 Å². The SMILES string of the molecule is C=C(c1ccc[nH]c1=S)N(CC)CC. The average Bonchev–Trinajstić information content (AvgIpc) is 2.20.